The van der Waals surface area contributed by atoms with Gasteiger partial charge in [0.25, 0.3) is 0 Å². The summed E-state index contributed by atoms with van der Waals surface area (Å²) in [5.74, 6) is -1.25. The summed E-state index contributed by atoms with van der Waals surface area (Å²) in [5.41, 5.74) is 0.768. The summed E-state index contributed by atoms with van der Waals surface area (Å²) in [7, 11) is -3.99. The first-order valence-corrected chi connectivity index (χ1v) is 10.7. The first-order chi connectivity index (χ1) is 14.1. The molecule has 1 atom stereocenters. The van der Waals surface area contributed by atoms with E-state index in [-0.39, 0.29) is 23.9 Å². The van der Waals surface area contributed by atoms with Crippen molar-refractivity contribution in [2.24, 2.45) is 0 Å². The van der Waals surface area contributed by atoms with Gasteiger partial charge >= 0.3 is 0 Å². The lowest BCUT2D eigenvalue weighted by atomic mass is 10.2. The summed E-state index contributed by atoms with van der Waals surface area (Å²) in [5, 5.41) is 2.54. The van der Waals surface area contributed by atoms with Crippen LogP contribution in [0.4, 0.5) is 10.1 Å². The van der Waals surface area contributed by atoms with Crippen molar-refractivity contribution >= 4 is 27.5 Å². The van der Waals surface area contributed by atoms with Crippen molar-refractivity contribution in [3.8, 4) is 0 Å². The van der Waals surface area contributed by atoms with Crippen molar-refractivity contribution in [3.63, 3.8) is 0 Å². The summed E-state index contributed by atoms with van der Waals surface area (Å²) < 4.78 is 41.5. The number of carbonyl (C=O) groups excluding carboxylic acids is 2. The van der Waals surface area contributed by atoms with E-state index in [0.717, 1.165) is 0 Å². The monoisotopic (exact) mass is 433 g/mol. The van der Waals surface area contributed by atoms with Crippen LogP contribution in [0.1, 0.15) is 19.4 Å². The lowest BCUT2D eigenvalue weighted by molar-refractivity contribution is -0.132. The molecule has 0 aromatic heterocycles. The van der Waals surface area contributed by atoms with Gasteiger partial charge in [-0.3, -0.25) is 9.59 Å². The number of hydrogen-bond acceptors (Lipinski definition) is 4. The van der Waals surface area contributed by atoms with Crippen LogP contribution >= 0.6 is 0 Å². The first-order valence-electron chi connectivity index (χ1n) is 9.17. The Morgan fingerprint density at radius 2 is 1.80 bits per heavy atom. The Hall–Kier alpha value is -3.04. The SMILES string of the molecule is C=CCN(Cc1ccccc1F)C(=O)[C@H](C)NS(=O)(=O)c1ccc(NC(C)=O)cc1. The van der Waals surface area contributed by atoms with E-state index < -0.39 is 27.8 Å². The van der Waals surface area contributed by atoms with E-state index in [0.29, 0.717) is 11.3 Å². The highest BCUT2D eigenvalue weighted by Crippen LogP contribution is 2.16. The number of sulfonamides is 1. The minimum Gasteiger partial charge on any atom is -0.333 e. The molecule has 0 fully saturated rings. The molecule has 30 heavy (non-hydrogen) atoms. The molecule has 0 radical (unpaired) electrons. The van der Waals surface area contributed by atoms with Crippen LogP contribution in [0.2, 0.25) is 0 Å². The molecule has 2 amide bonds. The maximum atomic E-state index is 14.0. The molecule has 0 unspecified atom stereocenters. The summed E-state index contributed by atoms with van der Waals surface area (Å²) in [4.78, 5) is 25.1. The van der Waals surface area contributed by atoms with Crippen molar-refractivity contribution in [2.45, 2.75) is 31.3 Å². The van der Waals surface area contributed by atoms with Gasteiger partial charge in [0.1, 0.15) is 5.82 Å². The Morgan fingerprint density at radius 1 is 1.17 bits per heavy atom. The molecule has 0 aliphatic rings. The Kier molecular flexibility index (Phi) is 7.85. The lowest BCUT2D eigenvalue weighted by Crippen LogP contribution is -2.46. The second-order valence-corrected chi connectivity index (χ2v) is 8.36. The van der Waals surface area contributed by atoms with Gasteiger partial charge < -0.3 is 10.2 Å². The number of halogens is 1. The number of rotatable bonds is 9. The number of hydrogen-bond donors (Lipinski definition) is 2. The van der Waals surface area contributed by atoms with Crippen LogP contribution in [0, 0.1) is 5.82 Å². The minimum absolute atomic E-state index is 0.0188. The summed E-state index contributed by atoms with van der Waals surface area (Å²) in [6.45, 7) is 6.47. The van der Waals surface area contributed by atoms with Gasteiger partial charge in [0.2, 0.25) is 21.8 Å². The molecule has 160 valence electrons. The average Bonchev–Trinajstić information content (AvgIpc) is 2.68. The van der Waals surface area contributed by atoms with E-state index in [1.165, 1.54) is 55.2 Å². The summed E-state index contributed by atoms with van der Waals surface area (Å²) >= 11 is 0. The largest absolute Gasteiger partial charge is 0.333 e. The molecule has 0 bridgehead atoms. The highest BCUT2D eigenvalue weighted by atomic mass is 32.2. The molecule has 2 N–H and O–H groups in total. The number of amides is 2. The quantitative estimate of drug-likeness (QED) is 0.595. The van der Waals surface area contributed by atoms with Gasteiger partial charge in [0.05, 0.1) is 10.9 Å². The predicted molar refractivity (Wildman–Crippen MR) is 113 cm³/mol. The van der Waals surface area contributed by atoms with E-state index in [1.54, 1.807) is 18.2 Å². The minimum atomic E-state index is -3.99. The molecule has 2 aromatic carbocycles. The second-order valence-electron chi connectivity index (χ2n) is 6.65. The number of carbonyl (C=O) groups is 2. The highest BCUT2D eigenvalue weighted by molar-refractivity contribution is 7.89. The molecule has 0 spiro atoms. The first kappa shape index (κ1) is 23.2. The zero-order valence-electron chi connectivity index (χ0n) is 16.8. The smallest absolute Gasteiger partial charge is 0.241 e. The molecule has 0 aliphatic heterocycles. The third-order valence-corrected chi connectivity index (χ3v) is 5.72. The molecule has 7 nitrogen and oxygen atoms in total. The van der Waals surface area contributed by atoms with Gasteiger partial charge in [0.15, 0.2) is 0 Å². The average molecular weight is 434 g/mol. The molecular formula is C21H24FN3O4S. The molecule has 0 aliphatic carbocycles. The van der Waals surface area contributed by atoms with Crippen molar-refractivity contribution < 1.29 is 22.4 Å². The fourth-order valence-corrected chi connectivity index (χ4v) is 3.96. The zero-order valence-corrected chi connectivity index (χ0v) is 17.6. The second kappa shape index (κ2) is 10.1. The third kappa shape index (κ3) is 6.23. The van der Waals surface area contributed by atoms with E-state index in [4.69, 9.17) is 0 Å². The fourth-order valence-electron chi connectivity index (χ4n) is 2.77. The van der Waals surface area contributed by atoms with Crippen molar-refractivity contribution in [1.82, 2.24) is 9.62 Å². The Labute approximate surface area is 175 Å². The molecule has 0 saturated carbocycles. The number of anilines is 1. The maximum Gasteiger partial charge on any atom is 0.241 e. The third-order valence-electron chi connectivity index (χ3n) is 4.17. The van der Waals surface area contributed by atoms with Crippen LogP contribution in [-0.2, 0) is 26.2 Å². The van der Waals surface area contributed by atoms with Crippen LogP contribution in [0.3, 0.4) is 0 Å². The number of nitrogens with one attached hydrogen (secondary N) is 2. The van der Waals surface area contributed by atoms with Gasteiger partial charge in [0, 0.05) is 31.3 Å². The van der Waals surface area contributed by atoms with Gasteiger partial charge in [-0.15, -0.1) is 6.58 Å². The van der Waals surface area contributed by atoms with Crippen LogP contribution in [0.5, 0.6) is 0 Å². The Balaban J connectivity index is 2.13. The molecular weight excluding hydrogens is 409 g/mol. The number of benzene rings is 2. The Morgan fingerprint density at radius 3 is 2.37 bits per heavy atom. The van der Waals surface area contributed by atoms with Crippen molar-refractivity contribution in [1.29, 1.82) is 0 Å². The van der Waals surface area contributed by atoms with Gasteiger partial charge in [-0.25, -0.2) is 12.8 Å². The van der Waals surface area contributed by atoms with Crippen LogP contribution < -0.4 is 10.0 Å². The van der Waals surface area contributed by atoms with E-state index in [2.05, 4.69) is 16.6 Å². The summed E-state index contributed by atoms with van der Waals surface area (Å²) in [6.07, 6.45) is 1.49. The molecule has 2 rings (SSSR count). The van der Waals surface area contributed by atoms with Crippen LogP contribution in [-0.4, -0.2) is 37.7 Å². The molecule has 0 heterocycles. The van der Waals surface area contributed by atoms with Crippen molar-refractivity contribution in [3.05, 3.63) is 72.6 Å². The normalized spacial score (nSPS) is 12.1. The van der Waals surface area contributed by atoms with E-state index >= 15 is 0 Å². The zero-order chi connectivity index (χ0) is 22.3. The van der Waals surface area contributed by atoms with Gasteiger partial charge in [-0.1, -0.05) is 24.3 Å². The van der Waals surface area contributed by atoms with E-state index in [1.807, 2.05) is 0 Å². The predicted octanol–water partition coefficient (Wildman–Crippen LogP) is 2.67. The topological polar surface area (TPSA) is 95.6 Å². The van der Waals surface area contributed by atoms with Crippen LogP contribution in [0.25, 0.3) is 0 Å². The maximum absolute atomic E-state index is 14.0. The lowest BCUT2D eigenvalue weighted by Gasteiger charge is -2.25. The fraction of sp³-hybridized carbons (Fsp3) is 0.238. The molecule has 9 heteroatoms. The number of nitrogens with zero attached hydrogens (tertiary/aromatic N) is 1. The standard InChI is InChI=1S/C21H24FN3O4S/c1-4-13-25(14-17-7-5-6-8-20(17)22)21(27)15(2)24-30(28,29)19-11-9-18(10-12-19)23-16(3)26/h4-12,15,24H,1,13-14H2,2-3H3,(H,23,26)/t15-/m0/s1. The Bertz CT molecular complexity index is 1020. The van der Waals surface area contributed by atoms with Crippen LogP contribution in [0.15, 0.2) is 66.1 Å². The van der Waals surface area contributed by atoms with E-state index in [9.17, 15) is 22.4 Å². The molecule has 0 saturated heterocycles. The highest BCUT2D eigenvalue weighted by Gasteiger charge is 2.26. The van der Waals surface area contributed by atoms with Gasteiger partial charge in [-0.2, -0.15) is 4.72 Å². The van der Waals surface area contributed by atoms with Crippen molar-refractivity contribution in [2.75, 3.05) is 11.9 Å². The van der Waals surface area contributed by atoms with Gasteiger partial charge in [-0.05, 0) is 37.3 Å². The summed E-state index contributed by atoms with van der Waals surface area (Å²) in [6, 6.07) is 10.5. The molecule has 2 aromatic rings.